The fourth-order valence-corrected chi connectivity index (χ4v) is 4.24. The molecule has 0 aliphatic heterocycles. The van der Waals surface area contributed by atoms with Crippen LogP contribution in [0.4, 0.5) is 0 Å². The number of thioether (sulfide) groups is 1. The van der Waals surface area contributed by atoms with Gasteiger partial charge in [-0.2, -0.15) is 0 Å². The number of nitrogens with one attached hydrogen (secondary N) is 1. The molecule has 33 heavy (non-hydrogen) atoms. The summed E-state index contributed by atoms with van der Waals surface area (Å²) in [6.45, 7) is 4.58. The first-order valence-electron chi connectivity index (χ1n) is 10.7. The zero-order valence-corrected chi connectivity index (χ0v) is 19.7. The highest BCUT2D eigenvalue weighted by atomic mass is 32.2. The van der Waals surface area contributed by atoms with Gasteiger partial charge < -0.3 is 10.1 Å². The zero-order chi connectivity index (χ0) is 23.2. The van der Waals surface area contributed by atoms with E-state index in [1.807, 2.05) is 59.2 Å². The summed E-state index contributed by atoms with van der Waals surface area (Å²) < 4.78 is 7.37. The summed E-state index contributed by atoms with van der Waals surface area (Å²) in [5.74, 6) is 1.65. The van der Waals surface area contributed by atoms with Crippen LogP contribution in [0.2, 0.25) is 0 Å². The summed E-state index contributed by atoms with van der Waals surface area (Å²) in [5.41, 5.74) is 5.28. The number of para-hydroxylation sites is 1. The highest BCUT2D eigenvalue weighted by molar-refractivity contribution is 7.99. The van der Waals surface area contributed by atoms with Gasteiger partial charge in [0.2, 0.25) is 5.91 Å². The Hall–Kier alpha value is -3.58. The molecular formula is C26H26N4O2S. The van der Waals surface area contributed by atoms with E-state index in [9.17, 15) is 4.79 Å². The number of aromatic nitrogens is 3. The van der Waals surface area contributed by atoms with Crippen molar-refractivity contribution in [2.24, 2.45) is 0 Å². The first kappa shape index (κ1) is 22.6. The topological polar surface area (TPSA) is 69.0 Å². The molecule has 1 N–H and O–H groups in total. The third-order valence-corrected chi connectivity index (χ3v) is 6.34. The van der Waals surface area contributed by atoms with Crippen molar-refractivity contribution in [1.82, 2.24) is 20.1 Å². The molecule has 0 saturated carbocycles. The third kappa shape index (κ3) is 5.26. The van der Waals surface area contributed by atoms with Crippen LogP contribution >= 0.6 is 11.8 Å². The zero-order valence-electron chi connectivity index (χ0n) is 18.9. The molecule has 7 heteroatoms. The number of benzene rings is 3. The molecule has 6 nitrogen and oxygen atoms in total. The maximum atomic E-state index is 12.6. The number of amides is 1. The number of hydrogen-bond donors (Lipinski definition) is 1. The van der Waals surface area contributed by atoms with Crippen LogP contribution in [0.5, 0.6) is 5.75 Å². The van der Waals surface area contributed by atoms with Gasteiger partial charge in [-0.05, 0) is 43.2 Å². The van der Waals surface area contributed by atoms with Crippen molar-refractivity contribution in [1.29, 1.82) is 0 Å². The van der Waals surface area contributed by atoms with Gasteiger partial charge in [0.05, 0.1) is 18.6 Å². The molecule has 0 spiro atoms. The lowest BCUT2D eigenvalue weighted by Gasteiger charge is -2.12. The number of aryl methyl sites for hydroxylation is 2. The van der Waals surface area contributed by atoms with Gasteiger partial charge in [-0.1, -0.05) is 66.4 Å². The van der Waals surface area contributed by atoms with E-state index < -0.39 is 0 Å². The molecular weight excluding hydrogens is 432 g/mol. The normalized spacial score (nSPS) is 10.8. The molecule has 0 unspecified atom stereocenters. The molecule has 168 valence electrons. The first-order chi connectivity index (χ1) is 16.1. The number of carbonyl (C=O) groups is 1. The lowest BCUT2D eigenvalue weighted by atomic mass is 10.1. The molecule has 0 aliphatic rings. The third-order valence-electron chi connectivity index (χ3n) is 5.41. The monoisotopic (exact) mass is 458 g/mol. The van der Waals surface area contributed by atoms with Crippen LogP contribution in [0.1, 0.15) is 16.7 Å². The number of hydrogen-bond acceptors (Lipinski definition) is 5. The molecule has 1 heterocycles. The molecule has 1 aromatic heterocycles. The van der Waals surface area contributed by atoms with E-state index in [2.05, 4.69) is 47.6 Å². The Kier molecular flexibility index (Phi) is 7.10. The minimum Gasteiger partial charge on any atom is -0.496 e. The van der Waals surface area contributed by atoms with Crippen LogP contribution < -0.4 is 10.1 Å². The second-order valence-corrected chi connectivity index (χ2v) is 8.60. The fourth-order valence-electron chi connectivity index (χ4n) is 3.46. The molecule has 0 bridgehead atoms. The van der Waals surface area contributed by atoms with Gasteiger partial charge in [0, 0.05) is 17.7 Å². The molecule has 0 radical (unpaired) electrons. The van der Waals surface area contributed by atoms with Gasteiger partial charge in [0.25, 0.3) is 0 Å². The summed E-state index contributed by atoms with van der Waals surface area (Å²) >= 11 is 1.37. The largest absolute Gasteiger partial charge is 0.496 e. The highest BCUT2D eigenvalue weighted by Gasteiger charge is 2.18. The van der Waals surface area contributed by atoms with Gasteiger partial charge in [-0.3, -0.25) is 9.36 Å². The van der Waals surface area contributed by atoms with Crippen molar-refractivity contribution < 1.29 is 9.53 Å². The lowest BCUT2D eigenvalue weighted by molar-refractivity contribution is -0.118. The van der Waals surface area contributed by atoms with Crippen LogP contribution in [-0.2, 0) is 11.3 Å². The predicted octanol–water partition coefficient (Wildman–Crippen LogP) is 4.97. The standard InChI is InChI=1S/C26H26N4O2S/c1-18-13-14-22(15-19(18)2)30-25(20-9-5-4-6-10-20)28-29-26(30)33-17-24(31)27-16-21-11-7-8-12-23(21)32-3/h4-15H,16-17H2,1-3H3,(H,27,31). The Balaban J connectivity index is 1.54. The van der Waals surface area contributed by atoms with Crippen LogP contribution in [-0.4, -0.2) is 33.5 Å². The average Bonchev–Trinajstić information content (AvgIpc) is 3.28. The molecule has 3 aromatic carbocycles. The van der Waals surface area contributed by atoms with E-state index in [0.717, 1.165) is 28.4 Å². The number of carbonyl (C=O) groups excluding carboxylic acids is 1. The Labute approximate surface area is 198 Å². The van der Waals surface area contributed by atoms with Gasteiger partial charge in [-0.15, -0.1) is 10.2 Å². The van der Waals surface area contributed by atoms with E-state index in [-0.39, 0.29) is 11.7 Å². The summed E-state index contributed by atoms with van der Waals surface area (Å²) in [7, 11) is 1.63. The van der Waals surface area contributed by atoms with Gasteiger partial charge in [0.15, 0.2) is 11.0 Å². The van der Waals surface area contributed by atoms with Crippen LogP contribution in [0, 0.1) is 13.8 Å². The van der Waals surface area contributed by atoms with E-state index in [4.69, 9.17) is 4.74 Å². The molecule has 0 atom stereocenters. The molecule has 0 saturated heterocycles. The van der Waals surface area contributed by atoms with Crippen molar-refractivity contribution in [3.63, 3.8) is 0 Å². The van der Waals surface area contributed by atoms with Crippen molar-refractivity contribution in [3.05, 3.63) is 89.5 Å². The minimum absolute atomic E-state index is 0.0817. The predicted molar refractivity (Wildman–Crippen MR) is 132 cm³/mol. The van der Waals surface area contributed by atoms with Crippen LogP contribution in [0.25, 0.3) is 17.1 Å². The van der Waals surface area contributed by atoms with Crippen LogP contribution in [0.3, 0.4) is 0 Å². The minimum atomic E-state index is -0.0817. The quantitative estimate of drug-likeness (QED) is 0.378. The second-order valence-electron chi connectivity index (χ2n) is 7.65. The number of rotatable bonds is 8. The highest BCUT2D eigenvalue weighted by Crippen LogP contribution is 2.29. The Morgan fingerprint density at radius 3 is 2.48 bits per heavy atom. The van der Waals surface area contributed by atoms with E-state index in [1.54, 1.807) is 7.11 Å². The number of nitrogens with zero attached hydrogens (tertiary/aromatic N) is 3. The van der Waals surface area contributed by atoms with Crippen molar-refractivity contribution in [3.8, 4) is 22.8 Å². The maximum Gasteiger partial charge on any atom is 0.230 e. The Morgan fingerprint density at radius 2 is 1.73 bits per heavy atom. The summed E-state index contributed by atoms with van der Waals surface area (Å²) in [5, 5.41) is 12.5. The Bertz CT molecular complexity index is 1250. The SMILES string of the molecule is COc1ccccc1CNC(=O)CSc1nnc(-c2ccccc2)n1-c1ccc(C)c(C)c1. The van der Waals surface area contributed by atoms with Gasteiger partial charge in [0.1, 0.15) is 5.75 Å². The summed E-state index contributed by atoms with van der Waals surface area (Å²) in [6.07, 6.45) is 0. The molecule has 4 rings (SSSR count). The molecule has 4 aromatic rings. The van der Waals surface area contributed by atoms with Gasteiger partial charge >= 0.3 is 0 Å². The van der Waals surface area contributed by atoms with Crippen molar-refractivity contribution >= 4 is 17.7 Å². The van der Waals surface area contributed by atoms with Crippen molar-refractivity contribution in [2.45, 2.75) is 25.5 Å². The van der Waals surface area contributed by atoms with Crippen molar-refractivity contribution in [2.75, 3.05) is 12.9 Å². The Morgan fingerprint density at radius 1 is 0.970 bits per heavy atom. The maximum absolute atomic E-state index is 12.6. The number of ether oxygens (including phenoxy) is 1. The van der Waals surface area contributed by atoms with Crippen LogP contribution in [0.15, 0.2) is 78.0 Å². The fraction of sp³-hybridized carbons (Fsp3) is 0.192. The molecule has 0 fully saturated rings. The van der Waals surface area contributed by atoms with E-state index >= 15 is 0 Å². The first-order valence-corrected chi connectivity index (χ1v) is 11.6. The lowest BCUT2D eigenvalue weighted by Crippen LogP contribution is -2.25. The molecule has 0 aliphatic carbocycles. The van der Waals surface area contributed by atoms with E-state index in [0.29, 0.717) is 11.7 Å². The van der Waals surface area contributed by atoms with E-state index in [1.165, 1.54) is 22.9 Å². The summed E-state index contributed by atoms with van der Waals surface area (Å²) in [4.78, 5) is 12.6. The molecule has 1 amide bonds. The number of methoxy groups -OCH3 is 1. The summed E-state index contributed by atoms with van der Waals surface area (Å²) in [6, 6.07) is 23.9. The second kappa shape index (κ2) is 10.4. The van der Waals surface area contributed by atoms with Gasteiger partial charge in [-0.25, -0.2) is 0 Å². The average molecular weight is 459 g/mol. The smallest absolute Gasteiger partial charge is 0.230 e.